The number of nitrogen functional groups attached to an aromatic ring is 1. The van der Waals surface area contributed by atoms with E-state index in [2.05, 4.69) is 26.8 Å². The van der Waals surface area contributed by atoms with Gasteiger partial charge in [0.05, 0.1) is 10.9 Å². The molecule has 2 heterocycles. The number of nitrogens with two attached hydrogens (primary N) is 1. The molecular weight excluding hydrogens is 364 g/mol. The lowest BCUT2D eigenvalue weighted by Crippen LogP contribution is -2.44. The predicted octanol–water partition coefficient (Wildman–Crippen LogP) is 2.28. The molecule has 1 aromatic heterocycles. The number of rotatable bonds is 3. The second kappa shape index (κ2) is 7.67. The number of fused-ring (bicyclic) bond motifs is 1. The molecule has 1 fully saturated rings. The van der Waals surface area contributed by atoms with Gasteiger partial charge in [-0.05, 0) is 49.9 Å². The third-order valence-electron chi connectivity index (χ3n) is 5.52. The minimum Gasteiger partial charge on any atom is -0.398 e. The van der Waals surface area contributed by atoms with E-state index in [0.717, 1.165) is 48.6 Å². The SMILES string of the molecule is CN=Cc1cc(-c2nc3cc(N4CCN(C)CC4)ccc3c(=O)[nH]2)cc(C)c1N. The van der Waals surface area contributed by atoms with E-state index in [0.29, 0.717) is 22.4 Å². The Morgan fingerprint density at radius 1 is 1.17 bits per heavy atom. The van der Waals surface area contributed by atoms with E-state index in [-0.39, 0.29) is 5.56 Å². The van der Waals surface area contributed by atoms with Gasteiger partial charge < -0.3 is 20.5 Å². The molecule has 1 aliphatic rings. The van der Waals surface area contributed by atoms with Crippen molar-refractivity contribution in [3.63, 3.8) is 0 Å². The first-order chi connectivity index (χ1) is 14.0. The smallest absolute Gasteiger partial charge is 0.259 e. The summed E-state index contributed by atoms with van der Waals surface area (Å²) in [4.78, 5) is 29.1. The van der Waals surface area contributed by atoms with Gasteiger partial charge in [0, 0.05) is 61.9 Å². The van der Waals surface area contributed by atoms with Crippen LogP contribution in [0.4, 0.5) is 11.4 Å². The number of nitrogens with zero attached hydrogens (tertiary/aromatic N) is 4. The Labute approximate surface area is 169 Å². The van der Waals surface area contributed by atoms with Crippen LogP contribution in [0.2, 0.25) is 0 Å². The van der Waals surface area contributed by atoms with Crippen LogP contribution in [0, 0.1) is 6.92 Å². The molecule has 0 saturated carbocycles. The van der Waals surface area contributed by atoms with Crippen LogP contribution < -0.4 is 16.2 Å². The summed E-state index contributed by atoms with van der Waals surface area (Å²) in [6, 6.07) is 9.73. The van der Waals surface area contributed by atoms with E-state index in [1.165, 1.54) is 0 Å². The lowest BCUT2D eigenvalue weighted by molar-refractivity contribution is 0.313. The molecule has 0 unspecified atom stereocenters. The number of anilines is 2. The highest BCUT2D eigenvalue weighted by Crippen LogP contribution is 2.26. The van der Waals surface area contributed by atoms with Crippen LogP contribution in [0.15, 0.2) is 40.1 Å². The highest BCUT2D eigenvalue weighted by atomic mass is 16.1. The molecule has 1 saturated heterocycles. The number of likely N-dealkylation sites (N-methyl/N-ethyl adjacent to an activating group) is 1. The van der Waals surface area contributed by atoms with Crippen LogP contribution in [-0.2, 0) is 0 Å². The molecule has 4 rings (SSSR count). The van der Waals surface area contributed by atoms with Gasteiger partial charge >= 0.3 is 0 Å². The highest BCUT2D eigenvalue weighted by Gasteiger charge is 2.16. The fraction of sp³-hybridized carbons (Fsp3) is 0.318. The summed E-state index contributed by atoms with van der Waals surface area (Å²) in [5.41, 5.74) is 11.0. The van der Waals surface area contributed by atoms with E-state index >= 15 is 0 Å². The number of H-pyrrole nitrogens is 1. The second-order valence-corrected chi connectivity index (χ2v) is 7.59. The number of piperazine rings is 1. The van der Waals surface area contributed by atoms with Crippen molar-refractivity contribution in [1.82, 2.24) is 14.9 Å². The van der Waals surface area contributed by atoms with Crippen LogP contribution in [0.5, 0.6) is 0 Å². The second-order valence-electron chi connectivity index (χ2n) is 7.59. The minimum absolute atomic E-state index is 0.143. The third-order valence-corrected chi connectivity index (χ3v) is 5.52. The van der Waals surface area contributed by atoms with Gasteiger partial charge in [0.15, 0.2) is 0 Å². The van der Waals surface area contributed by atoms with E-state index in [9.17, 15) is 4.79 Å². The van der Waals surface area contributed by atoms with Crippen molar-refractivity contribution in [2.75, 3.05) is 50.9 Å². The Hall–Kier alpha value is -3.19. The summed E-state index contributed by atoms with van der Waals surface area (Å²) in [5, 5.41) is 0.592. The van der Waals surface area contributed by atoms with Crippen LogP contribution in [0.25, 0.3) is 22.3 Å². The molecule has 29 heavy (non-hydrogen) atoms. The number of aromatic amines is 1. The first-order valence-electron chi connectivity index (χ1n) is 9.76. The maximum absolute atomic E-state index is 12.7. The van der Waals surface area contributed by atoms with Gasteiger partial charge in [0.25, 0.3) is 5.56 Å². The standard InChI is InChI=1S/C22H26N6O/c1-14-10-15(11-16(13-24-2)20(14)23)21-25-19-12-17(4-5-18(19)22(29)26-21)28-8-6-27(3)7-9-28/h4-5,10-13H,6-9,23H2,1-3H3,(H,25,26,29). The molecule has 7 nitrogen and oxygen atoms in total. The fourth-order valence-corrected chi connectivity index (χ4v) is 3.73. The summed E-state index contributed by atoms with van der Waals surface area (Å²) in [7, 11) is 3.84. The van der Waals surface area contributed by atoms with Gasteiger partial charge in [-0.3, -0.25) is 9.79 Å². The molecule has 150 valence electrons. The zero-order valence-corrected chi connectivity index (χ0v) is 17.1. The Kier molecular flexibility index (Phi) is 5.07. The predicted molar refractivity (Wildman–Crippen MR) is 120 cm³/mol. The van der Waals surface area contributed by atoms with E-state index in [1.807, 2.05) is 37.3 Å². The molecule has 7 heteroatoms. The van der Waals surface area contributed by atoms with Crippen LogP contribution in [0.1, 0.15) is 11.1 Å². The zero-order valence-electron chi connectivity index (χ0n) is 17.1. The van der Waals surface area contributed by atoms with E-state index in [1.54, 1.807) is 13.3 Å². The monoisotopic (exact) mass is 390 g/mol. The van der Waals surface area contributed by atoms with Gasteiger partial charge in [0.2, 0.25) is 0 Å². The topological polar surface area (TPSA) is 90.6 Å². The molecule has 0 atom stereocenters. The summed E-state index contributed by atoms with van der Waals surface area (Å²) in [5.74, 6) is 0.534. The molecule has 1 aliphatic heterocycles. The summed E-state index contributed by atoms with van der Waals surface area (Å²) in [6.07, 6.45) is 1.72. The Bertz CT molecular complexity index is 1140. The number of aliphatic imine (C=N–C) groups is 1. The summed E-state index contributed by atoms with van der Waals surface area (Å²) in [6.45, 7) is 5.93. The molecule has 3 aromatic rings. The highest BCUT2D eigenvalue weighted by molar-refractivity contribution is 5.90. The van der Waals surface area contributed by atoms with E-state index < -0.39 is 0 Å². The van der Waals surface area contributed by atoms with Crippen LogP contribution >= 0.6 is 0 Å². The molecule has 3 N–H and O–H groups in total. The molecular formula is C22H26N6O. The quantitative estimate of drug-likeness (QED) is 0.529. The Balaban J connectivity index is 1.79. The largest absolute Gasteiger partial charge is 0.398 e. The first kappa shape index (κ1) is 19.1. The van der Waals surface area contributed by atoms with Gasteiger partial charge in [-0.2, -0.15) is 0 Å². The van der Waals surface area contributed by atoms with Gasteiger partial charge in [0.1, 0.15) is 5.82 Å². The third kappa shape index (κ3) is 3.73. The van der Waals surface area contributed by atoms with Crippen LogP contribution in [0.3, 0.4) is 0 Å². The number of hydrogen-bond donors (Lipinski definition) is 2. The van der Waals surface area contributed by atoms with E-state index in [4.69, 9.17) is 10.7 Å². The normalized spacial score (nSPS) is 15.5. The van der Waals surface area contributed by atoms with Crippen molar-refractivity contribution >= 4 is 28.5 Å². The van der Waals surface area contributed by atoms with Crippen molar-refractivity contribution in [2.45, 2.75) is 6.92 Å². The van der Waals surface area contributed by atoms with Crippen molar-refractivity contribution in [3.05, 3.63) is 51.8 Å². The fourth-order valence-electron chi connectivity index (χ4n) is 3.73. The van der Waals surface area contributed by atoms with Crippen molar-refractivity contribution in [3.8, 4) is 11.4 Å². The van der Waals surface area contributed by atoms with Crippen molar-refractivity contribution < 1.29 is 0 Å². The number of aromatic nitrogens is 2. The maximum Gasteiger partial charge on any atom is 0.259 e. The lowest BCUT2D eigenvalue weighted by Gasteiger charge is -2.34. The maximum atomic E-state index is 12.7. The molecule has 0 amide bonds. The van der Waals surface area contributed by atoms with Gasteiger partial charge in [-0.1, -0.05) is 0 Å². The minimum atomic E-state index is -0.143. The van der Waals surface area contributed by atoms with Gasteiger partial charge in [-0.25, -0.2) is 4.98 Å². The molecule has 0 aliphatic carbocycles. The average molecular weight is 390 g/mol. The Morgan fingerprint density at radius 3 is 2.66 bits per heavy atom. The summed E-state index contributed by atoms with van der Waals surface area (Å²) < 4.78 is 0. The number of hydrogen-bond acceptors (Lipinski definition) is 6. The molecule has 0 radical (unpaired) electrons. The number of benzene rings is 2. The van der Waals surface area contributed by atoms with Crippen molar-refractivity contribution in [1.29, 1.82) is 0 Å². The average Bonchev–Trinajstić information content (AvgIpc) is 2.71. The van der Waals surface area contributed by atoms with Crippen molar-refractivity contribution in [2.24, 2.45) is 4.99 Å². The summed E-state index contributed by atoms with van der Waals surface area (Å²) >= 11 is 0. The zero-order chi connectivity index (χ0) is 20.5. The molecule has 0 bridgehead atoms. The lowest BCUT2D eigenvalue weighted by atomic mass is 10.0. The first-order valence-corrected chi connectivity index (χ1v) is 9.76. The number of aryl methyl sites for hydroxylation is 1. The Morgan fingerprint density at radius 2 is 1.93 bits per heavy atom. The van der Waals surface area contributed by atoms with Gasteiger partial charge in [-0.15, -0.1) is 0 Å². The number of nitrogens with one attached hydrogen (secondary N) is 1. The molecule has 0 spiro atoms. The molecule has 2 aromatic carbocycles. The van der Waals surface area contributed by atoms with Crippen LogP contribution in [-0.4, -0.2) is 61.4 Å².